The number of H-pyrrole nitrogens is 2. The maximum absolute atomic E-state index is 13.2. The molecule has 4 aromatic rings. The van der Waals surface area contributed by atoms with Crippen LogP contribution >= 0.6 is 0 Å². The van der Waals surface area contributed by atoms with Crippen LogP contribution in [0.3, 0.4) is 0 Å². The quantitative estimate of drug-likeness (QED) is 0.413. The summed E-state index contributed by atoms with van der Waals surface area (Å²) in [6.07, 6.45) is 2.51. The summed E-state index contributed by atoms with van der Waals surface area (Å²) in [4.78, 5) is 34.7. The van der Waals surface area contributed by atoms with Gasteiger partial charge in [-0.25, -0.2) is 9.97 Å². The molecule has 6 heteroatoms. The fourth-order valence-corrected chi connectivity index (χ4v) is 5.02. The number of amides is 2. The van der Waals surface area contributed by atoms with Gasteiger partial charge in [-0.1, -0.05) is 72.8 Å². The van der Waals surface area contributed by atoms with E-state index in [2.05, 4.69) is 39.6 Å². The molecule has 3 N–H and O–H groups in total. The minimum atomic E-state index is -0.401. The van der Waals surface area contributed by atoms with Crippen LogP contribution in [0, 0.1) is 0 Å². The molecule has 0 aliphatic carbocycles. The smallest absolute Gasteiger partial charge is 0.253 e. The molecule has 1 fully saturated rings. The lowest BCUT2D eigenvalue weighted by Gasteiger charge is -2.25. The standard InChI is InChI=1S/C29H30N4O2/c34-28(18-17-27-31-24-14-7-8-15-25(24)32-27)33-19-9-16-26(33)29(35)30-20-23(21-10-3-1-4-11-21)22-12-5-2-6-13-22/h1-8,10-15,23,26H,9,16-20H2,(H,30,35)(H,31,32)/p+1/t26-/m0/s1. The SMILES string of the molecule is O=C(NCC(c1ccccc1)c1ccccc1)[C@@H]1CCCN1C(=O)CCc1[nH]c2ccccc2[nH+]1. The zero-order chi connectivity index (χ0) is 24.0. The number of aryl methyl sites for hydroxylation is 1. The highest BCUT2D eigenvalue weighted by Crippen LogP contribution is 2.25. The summed E-state index contributed by atoms with van der Waals surface area (Å²) < 4.78 is 0. The molecule has 5 rings (SSSR count). The second kappa shape index (κ2) is 10.6. The molecule has 1 aliphatic heterocycles. The number of hydrogen-bond donors (Lipinski definition) is 2. The summed E-state index contributed by atoms with van der Waals surface area (Å²) in [5.41, 5.74) is 4.38. The van der Waals surface area contributed by atoms with Gasteiger partial charge in [-0.05, 0) is 36.1 Å². The molecule has 1 atom stereocenters. The highest BCUT2D eigenvalue weighted by Gasteiger charge is 2.34. The lowest BCUT2D eigenvalue weighted by Crippen LogP contribution is -2.47. The molecule has 1 aromatic heterocycles. The minimum absolute atomic E-state index is 0.0253. The number of likely N-dealkylation sites (tertiary alicyclic amines) is 1. The van der Waals surface area contributed by atoms with Crippen LogP contribution in [0.15, 0.2) is 84.9 Å². The lowest BCUT2D eigenvalue weighted by atomic mass is 9.91. The Kier molecular flexibility index (Phi) is 6.89. The molecule has 2 amide bonds. The Hall–Kier alpha value is -3.93. The molecule has 0 spiro atoms. The molecular formula is C29H31N4O2+. The second-order valence-electron chi connectivity index (χ2n) is 9.14. The highest BCUT2D eigenvalue weighted by molar-refractivity contribution is 5.88. The predicted octanol–water partition coefficient (Wildman–Crippen LogP) is 3.85. The van der Waals surface area contributed by atoms with Gasteiger partial charge in [-0.2, -0.15) is 0 Å². The Morgan fingerprint density at radius 2 is 1.60 bits per heavy atom. The maximum atomic E-state index is 13.2. The number of rotatable bonds is 8. The van der Waals surface area contributed by atoms with Crippen LogP contribution < -0.4 is 10.3 Å². The van der Waals surface area contributed by atoms with E-state index in [1.54, 1.807) is 4.90 Å². The molecule has 0 unspecified atom stereocenters. The van der Waals surface area contributed by atoms with Crippen LogP contribution in [0.25, 0.3) is 11.0 Å². The van der Waals surface area contributed by atoms with E-state index >= 15 is 0 Å². The predicted molar refractivity (Wildman–Crippen MR) is 136 cm³/mol. The number of hydrogen-bond acceptors (Lipinski definition) is 2. The Bertz CT molecular complexity index is 1210. The summed E-state index contributed by atoms with van der Waals surface area (Å²) in [5, 5.41) is 3.15. The second-order valence-corrected chi connectivity index (χ2v) is 9.14. The van der Waals surface area contributed by atoms with E-state index in [4.69, 9.17) is 0 Å². The number of nitrogens with zero attached hydrogens (tertiary/aromatic N) is 1. The molecule has 35 heavy (non-hydrogen) atoms. The van der Waals surface area contributed by atoms with Crippen LogP contribution in [-0.4, -0.2) is 40.8 Å². The third-order valence-electron chi connectivity index (χ3n) is 6.85. The average Bonchev–Trinajstić information content (AvgIpc) is 3.56. The number of aromatic nitrogens is 2. The summed E-state index contributed by atoms with van der Waals surface area (Å²) in [6.45, 7) is 1.13. The molecule has 0 radical (unpaired) electrons. The number of benzene rings is 3. The van der Waals surface area contributed by atoms with Crippen molar-refractivity contribution in [2.45, 2.75) is 37.6 Å². The number of aromatic amines is 2. The topological polar surface area (TPSA) is 79.3 Å². The van der Waals surface area contributed by atoms with Gasteiger partial charge < -0.3 is 10.2 Å². The normalized spacial score (nSPS) is 15.6. The van der Waals surface area contributed by atoms with Crippen molar-refractivity contribution < 1.29 is 14.6 Å². The van der Waals surface area contributed by atoms with Crippen molar-refractivity contribution in [3.63, 3.8) is 0 Å². The third-order valence-corrected chi connectivity index (χ3v) is 6.85. The van der Waals surface area contributed by atoms with Gasteiger partial charge in [0.25, 0.3) is 5.82 Å². The van der Waals surface area contributed by atoms with E-state index in [1.807, 2.05) is 60.7 Å². The fourth-order valence-electron chi connectivity index (χ4n) is 5.02. The monoisotopic (exact) mass is 467 g/mol. The van der Waals surface area contributed by atoms with Crippen molar-refractivity contribution in [3.05, 3.63) is 102 Å². The first-order chi connectivity index (χ1) is 17.2. The Morgan fingerprint density at radius 3 is 2.29 bits per heavy atom. The van der Waals surface area contributed by atoms with Crippen molar-refractivity contribution in [2.24, 2.45) is 0 Å². The van der Waals surface area contributed by atoms with Gasteiger partial charge in [0.1, 0.15) is 6.04 Å². The first-order valence-electron chi connectivity index (χ1n) is 12.3. The van der Waals surface area contributed by atoms with E-state index in [0.29, 0.717) is 32.4 Å². The number of nitrogens with one attached hydrogen (secondary N) is 3. The molecule has 178 valence electrons. The summed E-state index contributed by atoms with van der Waals surface area (Å²) in [5.74, 6) is 0.944. The van der Waals surface area contributed by atoms with Gasteiger partial charge in [0.15, 0.2) is 11.0 Å². The molecule has 1 aliphatic rings. The van der Waals surface area contributed by atoms with Crippen molar-refractivity contribution in [1.29, 1.82) is 0 Å². The van der Waals surface area contributed by atoms with E-state index in [-0.39, 0.29) is 17.7 Å². The van der Waals surface area contributed by atoms with Crippen LogP contribution in [0.5, 0.6) is 0 Å². The van der Waals surface area contributed by atoms with E-state index < -0.39 is 6.04 Å². The molecular weight excluding hydrogens is 436 g/mol. The number of carbonyl (C=O) groups is 2. The number of fused-ring (bicyclic) bond motifs is 1. The highest BCUT2D eigenvalue weighted by atomic mass is 16.2. The van der Waals surface area contributed by atoms with Crippen LogP contribution in [-0.2, 0) is 16.0 Å². The Morgan fingerprint density at radius 1 is 0.943 bits per heavy atom. The summed E-state index contributed by atoms with van der Waals surface area (Å²) in [6, 6.07) is 28.0. The van der Waals surface area contributed by atoms with Gasteiger partial charge in [0.2, 0.25) is 11.8 Å². The largest absolute Gasteiger partial charge is 0.353 e. The molecule has 3 aromatic carbocycles. The van der Waals surface area contributed by atoms with Gasteiger partial charge in [0.05, 0.1) is 6.42 Å². The molecule has 2 heterocycles. The van der Waals surface area contributed by atoms with Crippen molar-refractivity contribution in [3.8, 4) is 0 Å². The molecule has 0 bridgehead atoms. The van der Waals surface area contributed by atoms with Gasteiger partial charge >= 0.3 is 0 Å². The van der Waals surface area contributed by atoms with Crippen LogP contribution in [0.1, 0.15) is 42.1 Å². The van der Waals surface area contributed by atoms with Crippen molar-refractivity contribution in [1.82, 2.24) is 15.2 Å². The van der Waals surface area contributed by atoms with Crippen LogP contribution in [0.4, 0.5) is 0 Å². The van der Waals surface area contributed by atoms with E-state index in [9.17, 15) is 9.59 Å². The van der Waals surface area contributed by atoms with E-state index in [1.165, 1.54) is 0 Å². The fraction of sp³-hybridized carbons (Fsp3) is 0.276. The number of imidazole rings is 1. The van der Waals surface area contributed by atoms with Crippen LogP contribution in [0.2, 0.25) is 0 Å². The van der Waals surface area contributed by atoms with Crippen molar-refractivity contribution >= 4 is 22.8 Å². The van der Waals surface area contributed by atoms with E-state index in [0.717, 1.165) is 34.4 Å². The van der Waals surface area contributed by atoms with Gasteiger partial charge in [0, 0.05) is 25.4 Å². The minimum Gasteiger partial charge on any atom is -0.353 e. The Labute approximate surface area is 205 Å². The molecule has 1 saturated heterocycles. The lowest BCUT2D eigenvalue weighted by molar-refractivity contribution is -0.357. The number of carbonyl (C=O) groups excluding carboxylic acids is 2. The first-order valence-corrected chi connectivity index (χ1v) is 12.3. The zero-order valence-electron chi connectivity index (χ0n) is 19.7. The van der Waals surface area contributed by atoms with Crippen molar-refractivity contribution in [2.75, 3.05) is 13.1 Å². The number of para-hydroxylation sites is 2. The first kappa shape index (κ1) is 22.8. The average molecular weight is 468 g/mol. The molecule has 6 nitrogen and oxygen atoms in total. The van der Waals surface area contributed by atoms with Gasteiger partial charge in [-0.3, -0.25) is 9.59 Å². The van der Waals surface area contributed by atoms with Gasteiger partial charge in [-0.15, -0.1) is 0 Å². The molecule has 0 saturated carbocycles. The maximum Gasteiger partial charge on any atom is 0.253 e. The Balaban J connectivity index is 1.21. The third kappa shape index (κ3) is 5.27. The zero-order valence-corrected chi connectivity index (χ0v) is 19.7. The summed E-state index contributed by atoms with van der Waals surface area (Å²) in [7, 11) is 0. The summed E-state index contributed by atoms with van der Waals surface area (Å²) >= 11 is 0.